The predicted molar refractivity (Wildman–Crippen MR) is 203 cm³/mol. The van der Waals surface area contributed by atoms with Gasteiger partial charge in [0.2, 0.25) is 0 Å². The Kier molecular flexibility index (Phi) is 5.91. The van der Waals surface area contributed by atoms with Crippen LogP contribution < -0.4 is 0 Å². The lowest BCUT2D eigenvalue weighted by Gasteiger charge is -2.12. The van der Waals surface area contributed by atoms with Gasteiger partial charge in [0.05, 0.1) is 22.1 Å². The van der Waals surface area contributed by atoms with Crippen LogP contribution in [0.1, 0.15) is 0 Å². The van der Waals surface area contributed by atoms with Gasteiger partial charge in [-0.05, 0) is 82.1 Å². The molecule has 0 N–H and O–H groups in total. The zero-order chi connectivity index (χ0) is 31.6. The maximum Gasteiger partial charge on any atom is 0.0619 e. The fourth-order valence-corrected chi connectivity index (χ4v) is 7.69. The minimum Gasteiger partial charge on any atom is -0.309 e. The van der Waals surface area contributed by atoms with Crippen LogP contribution >= 0.6 is 0 Å². The summed E-state index contributed by atoms with van der Waals surface area (Å²) in [6.45, 7) is 0. The summed E-state index contributed by atoms with van der Waals surface area (Å²) < 4.78 is 4.83. The van der Waals surface area contributed by atoms with Gasteiger partial charge in [0, 0.05) is 38.5 Å². The van der Waals surface area contributed by atoms with Gasteiger partial charge in [0.25, 0.3) is 0 Å². The monoisotopic (exact) mass is 610 g/mol. The van der Waals surface area contributed by atoms with Crippen molar-refractivity contribution in [2.75, 3.05) is 0 Å². The second-order valence-electron chi connectivity index (χ2n) is 12.6. The lowest BCUT2D eigenvalue weighted by Crippen LogP contribution is -1.95. The topological polar surface area (TPSA) is 9.86 Å². The van der Waals surface area contributed by atoms with Crippen LogP contribution in [-0.2, 0) is 0 Å². The normalized spacial score (nSPS) is 11.8. The molecule has 0 aliphatic heterocycles. The van der Waals surface area contributed by atoms with Crippen LogP contribution in [0.3, 0.4) is 0 Å². The summed E-state index contributed by atoms with van der Waals surface area (Å²) >= 11 is 0. The molecule has 0 radical (unpaired) electrons. The zero-order valence-corrected chi connectivity index (χ0v) is 26.2. The summed E-state index contributed by atoms with van der Waals surface area (Å²) in [4.78, 5) is 0. The van der Waals surface area contributed by atoms with Crippen LogP contribution in [0.25, 0.3) is 88.0 Å². The first-order chi connectivity index (χ1) is 23.8. The average Bonchev–Trinajstić information content (AvgIpc) is 3.67. The first-order valence-electron chi connectivity index (χ1n) is 16.5. The molecule has 2 aromatic heterocycles. The van der Waals surface area contributed by atoms with E-state index in [1.807, 2.05) is 0 Å². The molecule has 0 amide bonds. The molecule has 48 heavy (non-hydrogen) atoms. The fraction of sp³-hybridized carbons (Fsp3) is 0. The highest BCUT2D eigenvalue weighted by Gasteiger charge is 2.18. The number of rotatable bonds is 4. The van der Waals surface area contributed by atoms with Gasteiger partial charge in [-0.2, -0.15) is 0 Å². The lowest BCUT2D eigenvalue weighted by atomic mass is 9.99. The van der Waals surface area contributed by atoms with E-state index >= 15 is 0 Å². The van der Waals surface area contributed by atoms with E-state index in [4.69, 9.17) is 0 Å². The first kappa shape index (κ1) is 26.8. The van der Waals surface area contributed by atoms with Gasteiger partial charge < -0.3 is 9.13 Å². The van der Waals surface area contributed by atoms with Crippen molar-refractivity contribution in [3.63, 3.8) is 0 Å². The molecule has 224 valence electrons. The molecular formula is C46H30N2. The van der Waals surface area contributed by atoms with Crippen molar-refractivity contribution in [1.82, 2.24) is 9.13 Å². The molecule has 0 aliphatic carbocycles. The van der Waals surface area contributed by atoms with E-state index in [1.165, 1.54) is 82.3 Å². The molecule has 0 aliphatic rings. The first-order valence-corrected chi connectivity index (χ1v) is 16.5. The Labute approximate surface area is 278 Å². The van der Waals surface area contributed by atoms with Gasteiger partial charge in [-0.1, -0.05) is 127 Å². The number of hydrogen-bond donors (Lipinski definition) is 0. The van der Waals surface area contributed by atoms with E-state index in [1.54, 1.807) is 0 Å². The van der Waals surface area contributed by atoms with E-state index in [2.05, 4.69) is 191 Å². The standard InChI is InChI=1S/C46H30N2/c1-3-13-32(14-4-1)38-19-11-20-40-42-30-35(24-27-45(42)48(46(38)40)36-16-5-2-6-17-36)34-23-26-44-41(29-34)39-18-9-10-21-43(39)47(44)37-25-22-31-12-7-8-15-33(31)28-37/h1-30H. The average molecular weight is 611 g/mol. The molecule has 2 heteroatoms. The largest absolute Gasteiger partial charge is 0.309 e. The van der Waals surface area contributed by atoms with Gasteiger partial charge >= 0.3 is 0 Å². The Bertz CT molecular complexity index is 2820. The third-order valence-electron chi connectivity index (χ3n) is 9.88. The summed E-state index contributed by atoms with van der Waals surface area (Å²) in [5.74, 6) is 0. The maximum atomic E-state index is 2.43. The molecule has 0 spiro atoms. The van der Waals surface area contributed by atoms with Crippen LogP contribution in [0, 0.1) is 0 Å². The van der Waals surface area contributed by atoms with Gasteiger partial charge in [-0.25, -0.2) is 0 Å². The molecule has 0 fully saturated rings. The quantitative estimate of drug-likeness (QED) is 0.188. The number of hydrogen-bond acceptors (Lipinski definition) is 0. The Balaban J connectivity index is 1.19. The minimum atomic E-state index is 1.16. The maximum absolute atomic E-state index is 2.43. The highest BCUT2D eigenvalue weighted by atomic mass is 15.0. The van der Waals surface area contributed by atoms with Crippen molar-refractivity contribution < 1.29 is 0 Å². The second kappa shape index (κ2) is 10.6. The molecule has 10 rings (SSSR count). The van der Waals surface area contributed by atoms with Crippen molar-refractivity contribution >= 4 is 54.4 Å². The molecule has 2 heterocycles. The molecule has 2 nitrogen and oxygen atoms in total. The number of benzene rings is 8. The molecule has 0 atom stereocenters. The van der Waals surface area contributed by atoms with Gasteiger partial charge in [0.15, 0.2) is 0 Å². The molecule has 0 bridgehead atoms. The molecule has 10 aromatic rings. The van der Waals surface area contributed by atoms with Crippen LogP contribution in [0.4, 0.5) is 0 Å². The molecule has 0 saturated heterocycles. The van der Waals surface area contributed by atoms with Crippen molar-refractivity contribution in [1.29, 1.82) is 0 Å². The van der Waals surface area contributed by atoms with E-state index in [0.29, 0.717) is 0 Å². The number of nitrogens with zero attached hydrogens (tertiary/aromatic N) is 2. The zero-order valence-electron chi connectivity index (χ0n) is 26.2. The van der Waals surface area contributed by atoms with E-state index in [9.17, 15) is 0 Å². The Morgan fingerprint density at radius 1 is 0.292 bits per heavy atom. The molecular weight excluding hydrogens is 581 g/mol. The predicted octanol–water partition coefficient (Wildman–Crippen LogP) is 12.4. The number of para-hydroxylation sites is 3. The SMILES string of the molecule is c1ccc(-c2cccc3c4cc(-c5ccc6c(c5)c5ccccc5n6-c5ccc6ccccc6c5)ccc4n(-c4ccccc4)c23)cc1. The van der Waals surface area contributed by atoms with Crippen LogP contribution in [-0.4, -0.2) is 9.13 Å². The smallest absolute Gasteiger partial charge is 0.0619 e. The van der Waals surface area contributed by atoms with Gasteiger partial charge in [-0.3, -0.25) is 0 Å². The Morgan fingerprint density at radius 3 is 1.69 bits per heavy atom. The van der Waals surface area contributed by atoms with Crippen molar-refractivity contribution in [2.45, 2.75) is 0 Å². The summed E-state index contributed by atoms with van der Waals surface area (Å²) in [6.07, 6.45) is 0. The highest BCUT2D eigenvalue weighted by Crippen LogP contribution is 2.41. The van der Waals surface area contributed by atoms with Crippen LogP contribution in [0.15, 0.2) is 182 Å². The Hall–Kier alpha value is -6.38. The van der Waals surface area contributed by atoms with Crippen molar-refractivity contribution in [3.05, 3.63) is 182 Å². The highest BCUT2D eigenvalue weighted by molar-refractivity contribution is 6.15. The summed E-state index contributed by atoms with van der Waals surface area (Å²) in [5.41, 5.74) is 12.1. The van der Waals surface area contributed by atoms with E-state index < -0.39 is 0 Å². The van der Waals surface area contributed by atoms with E-state index in [-0.39, 0.29) is 0 Å². The van der Waals surface area contributed by atoms with Gasteiger partial charge in [0.1, 0.15) is 0 Å². The third kappa shape index (κ3) is 4.06. The third-order valence-corrected chi connectivity index (χ3v) is 9.88. The lowest BCUT2D eigenvalue weighted by molar-refractivity contribution is 1.18. The molecule has 0 saturated carbocycles. The fourth-order valence-electron chi connectivity index (χ4n) is 7.69. The molecule has 8 aromatic carbocycles. The van der Waals surface area contributed by atoms with Crippen LogP contribution in [0.2, 0.25) is 0 Å². The Morgan fingerprint density at radius 2 is 0.896 bits per heavy atom. The van der Waals surface area contributed by atoms with Crippen molar-refractivity contribution in [3.8, 4) is 33.6 Å². The minimum absolute atomic E-state index is 1.16. The summed E-state index contributed by atoms with van der Waals surface area (Å²) in [5, 5.41) is 7.53. The van der Waals surface area contributed by atoms with E-state index in [0.717, 1.165) is 5.69 Å². The second-order valence-corrected chi connectivity index (χ2v) is 12.6. The van der Waals surface area contributed by atoms with Crippen molar-refractivity contribution in [2.24, 2.45) is 0 Å². The summed E-state index contributed by atoms with van der Waals surface area (Å²) in [6, 6.07) is 66.2. The molecule has 0 unspecified atom stereocenters. The number of fused-ring (bicyclic) bond motifs is 7. The number of aromatic nitrogens is 2. The van der Waals surface area contributed by atoms with Gasteiger partial charge in [-0.15, -0.1) is 0 Å². The summed E-state index contributed by atoms with van der Waals surface area (Å²) in [7, 11) is 0. The van der Waals surface area contributed by atoms with Crippen LogP contribution in [0.5, 0.6) is 0 Å².